The Hall–Kier alpha value is -2.67. The first-order chi connectivity index (χ1) is 13.8. The fourth-order valence-corrected chi connectivity index (χ4v) is 4.15. The van der Waals surface area contributed by atoms with Crippen molar-refractivity contribution in [3.05, 3.63) is 59.9 Å². The molecule has 3 rings (SSSR count). The number of amides is 2. The Labute approximate surface area is 174 Å². The Kier molecular flexibility index (Phi) is 6.69. The summed E-state index contributed by atoms with van der Waals surface area (Å²) in [5.74, 6) is -0.493. The van der Waals surface area contributed by atoms with Crippen LogP contribution in [0.5, 0.6) is 0 Å². The monoisotopic (exact) mass is 413 g/mol. The van der Waals surface area contributed by atoms with Crippen LogP contribution in [-0.2, 0) is 9.59 Å². The van der Waals surface area contributed by atoms with Crippen LogP contribution >= 0.6 is 11.8 Å². The molecule has 0 bridgehead atoms. The quantitative estimate of drug-likeness (QED) is 0.743. The highest BCUT2D eigenvalue weighted by Crippen LogP contribution is 2.32. The number of anilines is 1. The molecule has 0 aliphatic carbocycles. The second kappa shape index (κ2) is 9.22. The molecular weight excluding hydrogens is 389 g/mol. The first-order valence-electron chi connectivity index (χ1n) is 9.50. The van der Waals surface area contributed by atoms with Gasteiger partial charge in [0.25, 0.3) is 0 Å². The number of aryl methyl sites for hydroxylation is 1. The predicted molar refractivity (Wildman–Crippen MR) is 116 cm³/mol. The molecule has 29 heavy (non-hydrogen) atoms. The first kappa shape index (κ1) is 21.0. The van der Waals surface area contributed by atoms with E-state index >= 15 is 0 Å². The number of hydrogen-bond donors (Lipinski definition) is 1. The zero-order valence-electron chi connectivity index (χ0n) is 16.7. The van der Waals surface area contributed by atoms with Crippen LogP contribution in [0.4, 0.5) is 15.8 Å². The van der Waals surface area contributed by atoms with E-state index in [9.17, 15) is 14.0 Å². The van der Waals surface area contributed by atoms with Crippen molar-refractivity contribution in [3.8, 4) is 0 Å². The largest absolute Gasteiger partial charge is 0.326 e. The van der Waals surface area contributed by atoms with Gasteiger partial charge in [-0.3, -0.25) is 14.5 Å². The Morgan fingerprint density at radius 3 is 2.62 bits per heavy atom. The highest BCUT2D eigenvalue weighted by Gasteiger charge is 2.39. The van der Waals surface area contributed by atoms with Gasteiger partial charge in [0.15, 0.2) is 5.17 Å². The molecule has 1 aliphatic rings. The molecule has 2 aromatic carbocycles. The number of halogens is 1. The summed E-state index contributed by atoms with van der Waals surface area (Å²) in [4.78, 5) is 31.7. The van der Waals surface area contributed by atoms with Crippen molar-refractivity contribution in [2.45, 2.75) is 32.4 Å². The molecule has 2 aromatic rings. The van der Waals surface area contributed by atoms with Gasteiger partial charge in [0.1, 0.15) is 11.1 Å². The maximum absolute atomic E-state index is 13.0. The molecule has 5 nitrogen and oxygen atoms in total. The van der Waals surface area contributed by atoms with Gasteiger partial charge in [-0.15, -0.1) is 0 Å². The molecule has 1 aliphatic heterocycles. The number of aliphatic imine (C=N–C) groups is 1. The van der Waals surface area contributed by atoms with Gasteiger partial charge in [-0.1, -0.05) is 37.7 Å². The SMILES string of the molecule is Cc1cccc(N=C2S[C@H](CC(=O)Nc3ccc(F)cc3)C(=O)N2CC(C)C)c1. The van der Waals surface area contributed by atoms with Gasteiger partial charge in [0, 0.05) is 18.7 Å². The third-order valence-electron chi connectivity index (χ3n) is 4.29. The Balaban J connectivity index is 1.74. The van der Waals surface area contributed by atoms with Crippen molar-refractivity contribution in [2.75, 3.05) is 11.9 Å². The van der Waals surface area contributed by atoms with E-state index in [4.69, 9.17) is 0 Å². The molecule has 0 saturated carbocycles. The zero-order valence-corrected chi connectivity index (χ0v) is 17.5. The molecule has 1 heterocycles. The van der Waals surface area contributed by atoms with Gasteiger partial charge < -0.3 is 5.32 Å². The Bertz CT molecular complexity index is 928. The van der Waals surface area contributed by atoms with Crippen LogP contribution in [-0.4, -0.2) is 33.7 Å². The number of benzene rings is 2. The van der Waals surface area contributed by atoms with Crippen LogP contribution in [0.2, 0.25) is 0 Å². The van der Waals surface area contributed by atoms with Crippen LogP contribution in [0.25, 0.3) is 0 Å². The van der Waals surface area contributed by atoms with Gasteiger partial charge in [0.2, 0.25) is 11.8 Å². The van der Waals surface area contributed by atoms with E-state index in [1.54, 1.807) is 4.90 Å². The molecule has 1 fully saturated rings. The number of thioether (sulfide) groups is 1. The lowest BCUT2D eigenvalue weighted by Crippen LogP contribution is -2.36. The normalized spacial score (nSPS) is 18.0. The number of amidine groups is 1. The summed E-state index contributed by atoms with van der Waals surface area (Å²) < 4.78 is 13.0. The number of carbonyl (C=O) groups excluding carboxylic acids is 2. The van der Waals surface area contributed by atoms with Crippen molar-refractivity contribution >= 4 is 40.1 Å². The van der Waals surface area contributed by atoms with E-state index in [1.807, 2.05) is 45.0 Å². The molecule has 0 spiro atoms. The molecule has 2 amide bonds. The standard InChI is InChI=1S/C22H24FN3O2S/c1-14(2)13-26-21(28)19(12-20(27)24-17-9-7-16(23)8-10-17)29-22(26)25-18-6-4-5-15(3)11-18/h4-11,14,19H,12-13H2,1-3H3,(H,24,27)/t19-/m1/s1. The molecular formula is C22H24FN3O2S. The first-order valence-corrected chi connectivity index (χ1v) is 10.4. The zero-order chi connectivity index (χ0) is 21.0. The van der Waals surface area contributed by atoms with E-state index in [1.165, 1.54) is 36.0 Å². The summed E-state index contributed by atoms with van der Waals surface area (Å²) in [7, 11) is 0. The van der Waals surface area contributed by atoms with Gasteiger partial charge >= 0.3 is 0 Å². The predicted octanol–water partition coefficient (Wildman–Crippen LogP) is 4.75. The lowest BCUT2D eigenvalue weighted by Gasteiger charge is -2.18. The number of carbonyl (C=O) groups is 2. The molecule has 0 aromatic heterocycles. The van der Waals surface area contributed by atoms with Gasteiger partial charge in [-0.2, -0.15) is 0 Å². The number of nitrogens with zero attached hydrogens (tertiary/aromatic N) is 2. The summed E-state index contributed by atoms with van der Waals surface area (Å²) in [6.07, 6.45) is 0.0301. The molecule has 1 saturated heterocycles. The fourth-order valence-electron chi connectivity index (χ4n) is 2.98. The lowest BCUT2D eigenvalue weighted by atomic mass is 10.2. The van der Waals surface area contributed by atoms with Crippen molar-refractivity contribution in [1.29, 1.82) is 0 Å². The van der Waals surface area contributed by atoms with Crippen LogP contribution in [0.3, 0.4) is 0 Å². The van der Waals surface area contributed by atoms with Crippen molar-refractivity contribution in [2.24, 2.45) is 10.9 Å². The van der Waals surface area contributed by atoms with Gasteiger partial charge in [-0.25, -0.2) is 9.38 Å². The van der Waals surface area contributed by atoms with Crippen molar-refractivity contribution in [3.63, 3.8) is 0 Å². The Morgan fingerprint density at radius 2 is 1.97 bits per heavy atom. The van der Waals surface area contributed by atoms with Crippen LogP contribution in [0, 0.1) is 18.7 Å². The summed E-state index contributed by atoms with van der Waals surface area (Å²) in [6, 6.07) is 13.3. The lowest BCUT2D eigenvalue weighted by molar-refractivity contribution is -0.128. The third kappa shape index (κ3) is 5.67. The van der Waals surface area contributed by atoms with E-state index in [2.05, 4.69) is 10.3 Å². The molecule has 1 atom stereocenters. The summed E-state index contributed by atoms with van der Waals surface area (Å²) in [5.41, 5.74) is 2.37. The van der Waals surface area contributed by atoms with Crippen molar-refractivity contribution < 1.29 is 14.0 Å². The van der Waals surface area contributed by atoms with Crippen LogP contribution < -0.4 is 5.32 Å². The minimum Gasteiger partial charge on any atom is -0.326 e. The number of nitrogens with one attached hydrogen (secondary N) is 1. The molecule has 0 unspecified atom stereocenters. The van der Waals surface area contributed by atoms with Crippen LogP contribution in [0.1, 0.15) is 25.8 Å². The second-order valence-electron chi connectivity index (χ2n) is 7.44. The molecule has 0 radical (unpaired) electrons. The molecule has 1 N–H and O–H groups in total. The minimum absolute atomic E-state index is 0.0301. The van der Waals surface area contributed by atoms with Gasteiger partial charge in [0.05, 0.1) is 5.69 Å². The highest BCUT2D eigenvalue weighted by molar-refractivity contribution is 8.15. The maximum Gasteiger partial charge on any atom is 0.242 e. The highest BCUT2D eigenvalue weighted by atomic mass is 32.2. The van der Waals surface area contributed by atoms with E-state index in [-0.39, 0.29) is 30.0 Å². The molecule has 7 heteroatoms. The van der Waals surface area contributed by atoms with Crippen LogP contribution in [0.15, 0.2) is 53.5 Å². The summed E-state index contributed by atoms with van der Waals surface area (Å²) >= 11 is 1.32. The smallest absolute Gasteiger partial charge is 0.242 e. The van der Waals surface area contributed by atoms with Crippen molar-refractivity contribution in [1.82, 2.24) is 4.90 Å². The number of hydrogen-bond acceptors (Lipinski definition) is 4. The average molecular weight is 414 g/mol. The van der Waals surface area contributed by atoms with Gasteiger partial charge in [-0.05, 0) is 54.8 Å². The number of rotatable bonds is 6. The summed E-state index contributed by atoms with van der Waals surface area (Å²) in [6.45, 7) is 6.62. The fraction of sp³-hybridized carbons (Fsp3) is 0.318. The Morgan fingerprint density at radius 1 is 1.24 bits per heavy atom. The van der Waals surface area contributed by atoms with E-state index < -0.39 is 5.25 Å². The topological polar surface area (TPSA) is 61.8 Å². The average Bonchev–Trinajstić information content (AvgIpc) is 2.92. The van der Waals surface area contributed by atoms with E-state index in [0.717, 1.165) is 11.3 Å². The molecule has 152 valence electrons. The second-order valence-corrected chi connectivity index (χ2v) is 8.61. The maximum atomic E-state index is 13.0. The van der Waals surface area contributed by atoms with E-state index in [0.29, 0.717) is 17.4 Å². The minimum atomic E-state index is -0.530. The third-order valence-corrected chi connectivity index (χ3v) is 5.47. The summed E-state index contributed by atoms with van der Waals surface area (Å²) in [5, 5.41) is 2.80.